The molecule has 9 rings (SSSR count). The predicted octanol–water partition coefficient (Wildman–Crippen LogP) is 5.28. The molecule has 6 heterocycles. The van der Waals surface area contributed by atoms with Gasteiger partial charge in [-0.1, -0.05) is 11.6 Å². The summed E-state index contributed by atoms with van der Waals surface area (Å²) in [5.41, 5.74) is 6.46. The molecule has 6 aliphatic rings. The average Bonchev–Trinajstić information content (AvgIpc) is 3.75. The van der Waals surface area contributed by atoms with E-state index in [-0.39, 0.29) is 35.5 Å². The van der Waals surface area contributed by atoms with Gasteiger partial charge in [0, 0.05) is 112 Å². The van der Waals surface area contributed by atoms with E-state index < -0.39 is 6.04 Å². The summed E-state index contributed by atoms with van der Waals surface area (Å²) in [6, 6.07) is 22.4. The van der Waals surface area contributed by atoms with Crippen molar-refractivity contribution in [2.45, 2.75) is 76.5 Å². The number of nitriles is 1. The first-order chi connectivity index (χ1) is 28.1. The number of hydrogen-bond donors (Lipinski definition) is 1. The first kappa shape index (κ1) is 38.4. The van der Waals surface area contributed by atoms with Gasteiger partial charge in [-0.15, -0.1) is 0 Å². The molecular weight excluding hydrogens is 752 g/mol. The molecule has 3 aromatic rings. The quantitative estimate of drug-likeness (QED) is 0.332. The van der Waals surface area contributed by atoms with Crippen molar-refractivity contribution >= 4 is 52.3 Å². The Balaban J connectivity index is 0.728. The number of piperazine rings is 1. The van der Waals surface area contributed by atoms with Crippen LogP contribution in [0.5, 0.6) is 0 Å². The minimum atomic E-state index is -0.607. The molecule has 0 radical (unpaired) electrons. The minimum Gasteiger partial charge on any atom is -0.371 e. The zero-order valence-electron chi connectivity index (χ0n) is 33.2. The second kappa shape index (κ2) is 15.6. The van der Waals surface area contributed by atoms with Crippen LogP contribution in [0, 0.1) is 16.7 Å². The molecule has 302 valence electrons. The van der Waals surface area contributed by atoms with Crippen LogP contribution in [0.15, 0.2) is 60.7 Å². The normalized spacial score (nSPS) is 24.0. The summed E-state index contributed by atoms with van der Waals surface area (Å²) in [6.45, 7) is 10.8. The van der Waals surface area contributed by atoms with Gasteiger partial charge in [-0.05, 0) is 117 Å². The lowest BCUT2D eigenvalue weighted by atomic mass is 9.76. The highest BCUT2D eigenvalue weighted by Crippen LogP contribution is 2.46. The summed E-state index contributed by atoms with van der Waals surface area (Å²) in [5.74, 6) is -0.700. The molecule has 1 spiro atoms. The van der Waals surface area contributed by atoms with Gasteiger partial charge in [-0.2, -0.15) is 5.26 Å². The highest BCUT2D eigenvalue weighted by atomic mass is 35.5. The molecule has 3 aromatic carbocycles. The molecule has 6 aliphatic heterocycles. The lowest BCUT2D eigenvalue weighted by Crippen LogP contribution is -2.53. The number of fused-ring (bicyclic) bond motifs is 1. The molecule has 2 atom stereocenters. The van der Waals surface area contributed by atoms with Crippen molar-refractivity contribution < 1.29 is 19.2 Å². The molecule has 13 heteroatoms. The maximum atomic E-state index is 13.6. The number of benzene rings is 3. The molecular formula is C45H51ClN8O4. The summed E-state index contributed by atoms with van der Waals surface area (Å²) in [5, 5.41) is 12.2. The van der Waals surface area contributed by atoms with Crippen molar-refractivity contribution in [3.05, 3.63) is 87.9 Å². The molecule has 12 nitrogen and oxygen atoms in total. The molecule has 2 unspecified atom stereocenters. The Morgan fingerprint density at radius 3 is 2.19 bits per heavy atom. The monoisotopic (exact) mass is 802 g/mol. The third-order valence-electron chi connectivity index (χ3n) is 13.9. The zero-order valence-corrected chi connectivity index (χ0v) is 33.9. The highest BCUT2D eigenvalue weighted by Gasteiger charge is 2.44. The lowest BCUT2D eigenvalue weighted by Gasteiger charge is -2.43. The Morgan fingerprint density at radius 1 is 0.810 bits per heavy atom. The van der Waals surface area contributed by atoms with Crippen molar-refractivity contribution in [1.82, 2.24) is 20.0 Å². The second-order valence-corrected chi connectivity index (χ2v) is 17.7. The van der Waals surface area contributed by atoms with E-state index >= 15 is 0 Å². The van der Waals surface area contributed by atoms with Gasteiger partial charge in [0.25, 0.3) is 11.8 Å². The standard InChI is InChI=1S/C45H51ClN8O4/c1-30-26-45(29-54(30)37-7-4-32(27-47)39(46)25-37)14-18-49(19-15-45)34-5-2-31(3-6-34)43(57)52-16-12-35(13-17-52)50-20-22-51(23-21-50)36-8-9-38-33(24-36)28-53(44(38)58)40-10-11-41(55)48-42(40)56/h2-9,24-25,30,35,40H,10-23,26,28-29H2,1H3,(H,48,55,56). The Labute approximate surface area is 345 Å². The van der Waals surface area contributed by atoms with E-state index in [2.05, 4.69) is 56.1 Å². The maximum absolute atomic E-state index is 13.6. The molecule has 4 amide bonds. The van der Waals surface area contributed by atoms with Gasteiger partial charge in [0.15, 0.2) is 0 Å². The van der Waals surface area contributed by atoms with Crippen LogP contribution in [-0.2, 0) is 16.1 Å². The minimum absolute atomic E-state index is 0.113. The average molecular weight is 803 g/mol. The van der Waals surface area contributed by atoms with E-state index in [1.54, 1.807) is 4.90 Å². The number of nitrogens with one attached hydrogen (secondary N) is 1. The van der Waals surface area contributed by atoms with Gasteiger partial charge in [0.1, 0.15) is 12.1 Å². The van der Waals surface area contributed by atoms with Crippen molar-refractivity contribution in [3.8, 4) is 6.07 Å². The number of anilines is 3. The largest absolute Gasteiger partial charge is 0.371 e. The van der Waals surface area contributed by atoms with Crippen LogP contribution in [0.4, 0.5) is 17.1 Å². The van der Waals surface area contributed by atoms with Crippen LogP contribution in [0.25, 0.3) is 0 Å². The zero-order chi connectivity index (χ0) is 40.1. The van der Waals surface area contributed by atoms with Crippen molar-refractivity contribution in [1.29, 1.82) is 5.26 Å². The lowest BCUT2D eigenvalue weighted by molar-refractivity contribution is -0.136. The van der Waals surface area contributed by atoms with Crippen molar-refractivity contribution in [2.75, 3.05) is 73.6 Å². The fourth-order valence-electron chi connectivity index (χ4n) is 10.6. The summed E-state index contributed by atoms with van der Waals surface area (Å²) in [6.07, 6.45) is 5.92. The topological polar surface area (TPSA) is 124 Å². The van der Waals surface area contributed by atoms with Crippen molar-refractivity contribution in [2.24, 2.45) is 5.41 Å². The van der Waals surface area contributed by atoms with Gasteiger partial charge in [0.05, 0.1) is 10.6 Å². The van der Waals surface area contributed by atoms with Crippen LogP contribution < -0.4 is 20.0 Å². The number of imide groups is 1. The Morgan fingerprint density at radius 2 is 1.50 bits per heavy atom. The Hall–Kier alpha value is -5.12. The summed E-state index contributed by atoms with van der Waals surface area (Å²) >= 11 is 6.38. The van der Waals surface area contributed by atoms with Crippen LogP contribution in [0.1, 0.15) is 83.7 Å². The van der Waals surface area contributed by atoms with Crippen LogP contribution in [0.2, 0.25) is 5.02 Å². The van der Waals surface area contributed by atoms with Crippen LogP contribution >= 0.6 is 11.6 Å². The van der Waals surface area contributed by atoms with E-state index in [0.717, 1.165) is 114 Å². The first-order valence-corrected chi connectivity index (χ1v) is 21.3. The van der Waals surface area contributed by atoms with E-state index in [1.165, 1.54) is 5.69 Å². The third-order valence-corrected chi connectivity index (χ3v) is 14.2. The molecule has 5 saturated heterocycles. The van der Waals surface area contributed by atoms with E-state index in [1.807, 2.05) is 47.4 Å². The number of piperidine rings is 3. The smallest absolute Gasteiger partial charge is 0.255 e. The van der Waals surface area contributed by atoms with E-state index in [0.29, 0.717) is 41.2 Å². The number of likely N-dealkylation sites (tertiary alicyclic amines) is 1. The maximum Gasteiger partial charge on any atom is 0.255 e. The number of nitrogens with zero attached hydrogens (tertiary/aromatic N) is 7. The summed E-state index contributed by atoms with van der Waals surface area (Å²) < 4.78 is 0. The Kier molecular flexibility index (Phi) is 10.3. The fourth-order valence-corrected chi connectivity index (χ4v) is 10.8. The Bertz CT molecular complexity index is 2150. The molecule has 0 saturated carbocycles. The number of amides is 4. The molecule has 58 heavy (non-hydrogen) atoms. The van der Waals surface area contributed by atoms with Crippen LogP contribution in [0.3, 0.4) is 0 Å². The van der Waals surface area contributed by atoms with Gasteiger partial charge < -0.3 is 24.5 Å². The van der Waals surface area contributed by atoms with Gasteiger partial charge in [0.2, 0.25) is 11.8 Å². The molecule has 0 bridgehead atoms. The molecule has 0 aromatic heterocycles. The molecule has 0 aliphatic carbocycles. The first-order valence-electron chi connectivity index (χ1n) is 21.0. The SMILES string of the molecule is CC1CC2(CCN(c3ccc(C(=O)N4CCC(N5CCN(c6ccc7c(c6)CN(C6CCC(=O)NC6=O)C7=O)CC5)CC4)cc3)CC2)CN1c1ccc(C#N)c(Cl)c1. The van der Waals surface area contributed by atoms with Gasteiger partial charge >= 0.3 is 0 Å². The second-order valence-electron chi connectivity index (χ2n) is 17.3. The third kappa shape index (κ3) is 7.28. The number of carbonyl (C=O) groups is 4. The van der Waals surface area contributed by atoms with Crippen LogP contribution in [-0.4, -0.2) is 115 Å². The van der Waals surface area contributed by atoms with Crippen molar-refractivity contribution in [3.63, 3.8) is 0 Å². The predicted molar refractivity (Wildman–Crippen MR) is 223 cm³/mol. The van der Waals surface area contributed by atoms with E-state index in [9.17, 15) is 24.4 Å². The summed E-state index contributed by atoms with van der Waals surface area (Å²) in [4.78, 5) is 64.4. The fraction of sp³-hybridized carbons (Fsp3) is 0.489. The number of halogens is 1. The number of carbonyl (C=O) groups excluding carboxylic acids is 4. The number of rotatable bonds is 6. The number of hydrogen-bond acceptors (Lipinski definition) is 9. The van der Waals surface area contributed by atoms with Gasteiger partial charge in [-0.25, -0.2) is 0 Å². The van der Waals surface area contributed by atoms with E-state index in [4.69, 9.17) is 11.6 Å². The summed E-state index contributed by atoms with van der Waals surface area (Å²) in [7, 11) is 0. The molecule has 5 fully saturated rings. The molecule has 1 N–H and O–H groups in total. The highest BCUT2D eigenvalue weighted by molar-refractivity contribution is 6.32. The van der Waals surface area contributed by atoms with Gasteiger partial charge in [-0.3, -0.25) is 29.4 Å².